The summed E-state index contributed by atoms with van der Waals surface area (Å²) in [6.45, 7) is 0.742. The van der Waals surface area contributed by atoms with E-state index >= 15 is 0 Å². The van der Waals surface area contributed by atoms with Crippen LogP contribution in [0.15, 0.2) is 40.8 Å². The molecule has 4 aromatic rings. The number of carbonyl (C=O) groups is 1. The van der Waals surface area contributed by atoms with Gasteiger partial charge in [0.05, 0.1) is 0 Å². The number of rotatable bonds is 5. The third-order valence-corrected chi connectivity index (χ3v) is 5.45. The summed E-state index contributed by atoms with van der Waals surface area (Å²) >= 11 is 7.16. The molecule has 2 aromatic carbocycles. The second-order valence-corrected chi connectivity index (χ2v) is 7.59. The van der Waals surface area contributed by atoms with Gasteiger partial charge in [-0.3, -0.25) is 10.1 Å². The lowest BCUT2D eigenvalue weighted by molar-refractivity contribution is -0.0498. The molecule has 0 aliphatic carbocycles. The average Bonchev–Trinajstić information content (AvgIpc) is 3.28. The van der Waals surface area contributed by atoms with E-state index in [9.17, 15) is 13.6 Å². The molecule has 0 saturated carbocycles. The number of hydrogen-bond donors (Lipinski definition) is 1. The molecule has 30 heavy (non-hydrogen) atoms. The number of hydrogen-bond acceptors (Lipinski definition) is 6. The van der Waals surface area contributed by atoms with E-state index in [1.54, 1.807) is 31.2 Å². The van der Waals surface area contributed by atoms with E-state index in [2.05, 4.69) is 19.4 Å². The van der Waals surface area contributed by atoms with E-state index in [0.29, 0.717) is 27.6 Å². The summed E-state index contributed by atoms with van der Waals surface area (Å²) < 4.78 is 38.7. The molecule has 0 aliphatic rings. The fourth-order valence-electron chi connectivity index (χ4n) is 2.89. The van der Waals surface area contributed by atoms with Gasteiger partial charge in [0, 0.05) is 33.1 Å². The number of ether oxygens (including phenoxy) is 1. The van der Waals surface area contributed by atoms with Crippen molar-refractivity contribution in [1.82, 2.24) is 9.36 Å². The fraction of sp³-hybridized carbons (Fsp3) is 0.150. The molecule has 0 atom stereocenters. The van der Waals surface area contributed by atoms with Crippen LogP contribution in [0.3, 0.4) is 0 Å². The van der Waals surface area contributed by atoms with Crippen molar-refractivity contribution in [3.05, 3.63) is 58.3 Å². The fourth-order valence-corrected chi connectivity index (χ4v) is 3.64. The Morgan fingerprint density at radius 3 is 2.67 bits per heavy atom. The SMILES string of the molecule is Cc1cc2oc(C(=O)Nc3nc(-c4ccc(OC(F)F)cc4)ns3)c(C)c2cc1Cl. The Kier molecular flexibility index (Phi) is 5.40. The molecule has 0 unspecified atom stereocenters. The van der Waals surface area contributed by atoms with Crippen molar-refractivity contribution in [1.29, 1.82) is 0 Å². The summed E-state index contributed by atoms with van der Waals surface area (Å²) in [5.74, 6) is 0.0913. The van der Waals surface area contributed by atoms with Crippen LogP contribution in [0, 0.1) is 13.8 Å². The smallest absolute Gasteiger partial charge is 0.387 e. The predicted octanol–water partition coefficient (Wildman–Crippen LogP) is 6.08. The van der Waals surface area contributed by atoms with E-state index in [1.807, 2.05) is 6.92 Å². The summed E-state index contributed by atoms with van der Waals surface area (Å²) in [7, 11) is 0. The quantitative estimate of drug-likeness (QED) is 0.400. The molecule has 1 N–H and O–H groups in total. The number of aromatic nitrogens is 2. The molecule has 10 heteroatoms. The van der Waals surface area contributed by atoms with E-state index < -0.39 is 12.5 Å². The maximum absolute atomic E-state index is 12.7. The molecular weight excluding hydrogens is 436 g/mol. The second-order valence-electron chi connectivity index (χ2n) is 6.43. The maximum Gasteiger partial charge on any atom is 0.387 e. The number of alkyl halides is 2. The highest BCUT2D eigenvalue weighted by Gasteiger charge is 2.20. The Morgan fingerprint density at radius 2 is 1.97 bits per heavy atom. The van der Waals surface area contributed by atoms with E-state index in [1.165, 1.54) is 12.1 Å². The zero-order valence-electron chi connectivity index (χ0n) is 15.7. The molecule has 0 fully saturated rings. The van der Waals surface area contributed by atoms with Gasteiger partial charge in [0.15, 0.2) is 11.6 Å². The number of carbonyl (C=O) groups excluding carboxylic acids is 1. The summed E-state index contributed by atoms with van der Waals surface area (Å²) in [5.41, 5.74) is 2.69. The van der Waals surface area contributed by atoms with Gasteiger partial charge >= 0.3 is 6.61 Å². The first-order valence-corrected chi connectivity index (χ1v) is 9.86. The minimum absolute atomic E-state index is 0.0354. The molecule has 0 saturated heterocycles. The van der Waals surface area contributed by atoms with E-state index in [-0.39, 0.29) is 16.6 Å². The molecular formula is C20H14ClF2N3O3S. The molecule has 6 nitrogen and oxygen atoms in total. The normalized spacial score (nSPS) is 11.3. The van der Waals surface area contributed by atoms with Crippen LogP contribution in [0.1, 0.15) is 21.7 Å². The standard InChI is InChI=1S/C20H14ClF2N3O3S/c1-9-7-15-13(8-14(9)21)10(2)16(29-15)18(27)25-20-24-17(26-30-20)11-3-5-12(6-4-11)28-19(22)23/h3-8,19H,1-2H3,(H,24,25,26,27). The third kappa shape index (κ3) is 3.99. The minimum atomic E-state index is -2.89. The van der Waals surface area contributed by atoms with Gasteiger partial charge in [0.2, 0.25) is 5.13 Å². The summed E-state index contributed by atoms with van der Waals surface area (Å²) in [5, 5.41) is 4.31. The second kappa shape index (κ2) is 8.00. The van der Waals surface area contributed by atoms with Crippen LogP contribution >= 0.6 is 23.1 Å². The Bertz CT molecular complexity index is 1240. The lowest BCUT2D eigenvalue weighted by Gasteiger charge is -2.04. The number of halogens is 3. The van der Waals surface area contributed by atoms with Gasteiger partial charge in [0.1, 0.15) is 11.3 Å². The highest BCUT2D eigenvalue weighted by atomic mass is 35.5. The molecule has 0 radical (unpaired) electrons. The summed E-state index contributed by atoms with van der Waals surface area (Å²) in [6.07, 6.45) is 0. The van der Waals surface area contributed by atoms with Crippen LogP contribution in [-0.2, 0) is 0 Å². The maximum atomic E-state index is 12.7. The Morgan fingerprint density at radius 1 is 1.23 bits per heavy atom. The van der Waals surface area contributed by atoms with Crippen LogP contribution in [0.5, 0.6) is 5.75 Å². The van der Waals surface area contributed by atoms with Crippen molar-refractivity contribution in [2.45, 2.75) is 20.5 Å². The van der Waals surface area contributed by atoms with Gasteiger partial charge in [-0.1, -0.05) is 11.6 Å². The van der Waals surface area contributed by atoms with Crippen molar-refractivity contribution in [3.63, 3.8) is 0 Å². The summed E-state index contributed by atoms with van der Waals surface area (Å²) in [6, 6.07) is 9.46. The number of aryl methyl sites for hydroxylation is 2. The lowest BCUT2D eigenvalue weighted by Crippen LogP contribution is -2.11. The largest absolute Gasteiger partial charge is 0.451 e. The van der Waals surface area contributed by atoms with E-state index in [4.69, 9.17) is 16.0 Å². The Hall–Kier alpha value is -3.04. The van der Waals surface area contributed by atoms with Crippen molar-refractivity contribution in [2.24, 2.45) is 0 Å². The Labute approximate surface area is 178 Å². The Balaban J connectivity index is 1.53. The van der Waals surface area contributed by atoms with Gasteiger partial charge in [-0.25, -0.2) is 0 Å². The highest BCUT2D eigenvalue weighted by molar-refractivity contribution is 7.10. The third-order valence-electron chi connectivity index (χ3n) is 4.41. The molecule has 2 aromatic heterocycles. The van der Waals surface area contributed by atoms with Crippen molar-refractivity contribution < 1.29 is 22.7 Å². The molecule has 0 bridgehead atoms. The summed E-state index contributed by atoms with van der Waals surface area (Å²) in [4.78, 5) is 17.0. The zero-order valence-corrected chi connectivity index (χ0v) is 17.3. The molecule has 0 aliphatic heterocycles. The van der Waals surface area contributed by atoms with Crippen LogP contribution in [-0.4, -0.2) is 21.9 Å². The number of furan rings is 1. The van der Waals surface area contributed by atoms with Gasteiger partial charge in [-0.2, -0.15) is 18.1 Å². The number of nitrogens with one attached hydrogen (secondary N) is 1. The van der Waals surface area contributed by atoms with Gasteiger partial charge in [-0.05, 0) is 55.8 Å². The predicted molar refractivity (Wildman–Crippen MR) is 111 cm³/mol. The number of benzene rings is 2. The van der Waals surface area contributed by atoms with Crippen molar-refractivity contribution in [2.75, 3.05) is 5.32 Å². The van der Waals surface area contributed by atoms with E-state index in [0.717, 1.165) is 22.5 Å². The van der Waals surface area contributed by atoms with Crippen LogP contribution in [0.4, 0.5) is 13.9 Å². The molecule has 1 amide bonds. The molecule has 4 rings (SSSR count). The number of anilines is 1. The number of nitrogens with zero attached hydrogens (tertiary/aromatic N) is 2. The van der Waals surface area contributed by atoms with Crippen LogP contribution in [0.2, 0.25) is 5.02 Å². The van der Waals surface area contributed by atoms with Crippen molar-refractivity contribution in [3.8, 4) is 17.1 Å². The van der Waals surface area contributed by atoms with Gasteiger partial charge < -0.3 is 9.15 Å². The highest BCUT2D eigenvalue weighted by Crippen LogP contribution is 2.31. The zero-order chi connectivity index (χ0) is 21.4. The van der Waals surface area contributed by atoms with Gasteiger partial charge in [0.25, 0.3) is 5.91 Å². The first kappa shape index (κ1) is 20.2. The minimum Gasteiger partial charge on any atom is -0.451 e. The van der Waals surface area contributed by atoms with Crippen LogP contribution < -0.4 is 10.1 Å². The first-order chi connectivity index (χ1) is 14.3. The lowest BCUT2D eigenvalue weighted by atomic mass is 10.1. The first-order valence-electron chi connectivity index (χ1n) is 8.71. The molecule has 0 spiro atoms. The monoisotopic (exact) mass is 449 g/mol. The topological polar surface area (TPSA) is 77.2 Å². The average molecular weight is 450 g/mol. The molecule has 2 heterocycles. The number of fused-ring (bicyclic) bond motifs is 1. The number of amides is 1. The molecule has 154 valence electrons. The van der Waals surface area contributed by atoms with Crippen molar-refractivity contribution >= 4 is 45.1 Å². The van der Waals surface area contributed by atoms with Gasteiger partial charge in [-0.15, -0.1) is 0 Å². The van der Waals surface area contributed by atoms with Crippen LogP contribution in [0.25, 0.3) is 22.4 Å².